The molecule has 1 aromatic rings. The number of likely N-dealkylation sites (N-methyl/N-ethyl adjacent to an activating group) is 1. The third kappa shape index (κ3) is 4.61. The second kappa shape index (κ2) is 7.66. The number of nitrogens with zero attached hydrogens (tertiary/aromatic N) is 2. The van der Waals surface area contributed by atoms with Gasteiger partial charge in [-0.1, -0.05) is 18.0 Å². The van der Waals surface area contributed by atoms with E-state index in [4.69, 9.17) is 0 Å². The molecule has 1 aliphatic heterocycles. The average Bonchev–Trinajstić information content (AvgIpc) is 2.49. The first kappa shape index (κ1) is 16.1. The van der Waals surface area contributed by atoms with Crippen molar-refractivity contribution in [2.24, 2.45) is 0 Å². The number of nitrogens with one attached hydrogen (secondary N) is 1. The minimum absolute atomic E-state index is 0.0357. The van der Waals surface area contributed by atoms with Crippen LogP contribution in [0.1, 0.15) is 12.8 Å². The number of hydrogen-bond acceptors (Lipinski definition) is 4. The van der Waals surface area contributed by atoms with Gasteiger partial charge in [0.05, 0.1) is 6.54 Å². The predicted octanol–water partition coefficient (Wildman–Crippen LogP) is 2.77. The maximum absolute atomic E-state index is 13.1. The molecule has 1 aliphatic rings. The van der Waals surface area contributed by atoms with Gasteiger partial charge in [0.25, 0.3) is 0 Å². The number of piperidine rings is 1. The third-order valence-corrected chi connectivity index (χ3v) is 4.14. The van der Waals surface area contributed by atoms with Crippen LogP contribution in [0.2, 0.25) is 0 Å². The second-order valence-corrected chi connectivity index (χ2v) is 5.87. The molecule has 4 nitrogen and oxygen atoms in total. The summed E-state index contributed by atoms with van der Waals surface area (Å²) in [6.07, 6.45) is 2.31. The first-order valence-corrected chi connectivity index (χ1v) is 8.34. The topological polar surface area (TPSA) is 35.6 Å². The lowest BCUT2D eigenvalue weighted by Gasteiger charge is -2.29. The maximum atomic E-state index is 13.1. The number of amides is 1. The van der Waals surface area contributed by atoms with Crippen molar-refractivity contribution in [3.8, 4) is 0 Å². The fourth-order valence-corrected chi connectivity index (χ4v) is 2.76. The number of carbonyl (C=O) groups excluding carboxylic acids is 1. The zero-order valence-electron chi connectivity index (χ0n) is 12.5. The van der Waals surface area contributed by atoms with Gasteiger partial charge in [-0.05, 0) is 31.0 Å². The lowest BCUT2D eigenvalue weighted by atomic mass is 10.1. The van der Waals surface area contributed by atoms with Gasteiger partial charge in [0.1, 0.15) is 6.17 Å². The van der Waals surface area contributed by atoms with Crippen LogP contribution in [-0.2, 0) is 4.79 Å². The van der Waals surface area contributed by atoms with Crippen molar-refractivity contribution in [1.29, 1.82) is 0 Å². The highest BCUT2D eigenvalue weighted by molar-refractivity contribution is 7.99. The van der Waals surface area contributed by atoms with E-state index in [1.54, 1.807) is 11.9 Å². The molecule has 0 radical (unpaired) electrons. The van der Waals surface area contributed by atoms with E-state index < -0.39 is 6.17 Å². The number of alkyl halides is 1. The summed E-state index contributed by atoms with van der Waals surface area (Å²) in [5.74, 6) is 0.0357. The summed E-state index contributed by atoms with van der Waals surface area (Å²) in [5, 5.41) is 0. The number of benzene rings is 1. The minimum atomic E-state index is -0.705. The van der Waals surface area contributed by atoms with Crippen molar-refractivity contribution in [1.82, 2.24) is 4.90 Å². The van der Waals surface area contributed by atoms with Crippen molar-refractivity contribution >= 4 is 29.2 Å². The van der Waals surface area contributed by atoms with Gasteiger partial charge in [-0.25, -0.2) is 4.39 Å². The van der Waals surface area contributed by atoms with Crippen molar-refractivity contribution < 1.29 is 9.18 Å². The Labute approximate surface area is 129 Å². The molecular formula is C15H22FN3OS. The zero-order chi connectivity index (χ0) is 15.2. The van der Waals surface area contributed by atoms with Crippen molar-refractivity contribution in [3.05, 3.63) is 24.3 Å². The number of halogens is 1. The van der Waals surface area contributed by atoms with Crippen LogP contribution < -0.4 is 9.62 Å². The molecule has 1 fully saturated rings. The van der Waals surface area contributed by atoms with Crippen LogP contribution in [0.25, 0.3) is 0 Å². The Balaban J connectivity index is 1.94. The number of likely N-dealkylation sites (tertiary alicyclic amines) is 1. The monoisotopic (exact) mass is 311 g/mol. The van der Waals surface area contributed by atoms with Crippen LogP contribution in [0.3, 0.4) is 0 Å². The molecule has 1 saturated heterocycles. The second-order valence-electron chi connectivity index (χ2n) is 5.26. The molecule has 116 valence electrons. The van der Waals surface area contributed by atoms with E-state index in [-0.39, 0.29) is 5.91 Å². The molecule has 0 atom stereocenters. The highest BCUT2D eigenvalue weighted by Crippen LogP contribution is 2.21. The molecule has 0 aliphatic carbocycles. The van der Waals surface area contributed by atoms with Gasteiger partial charge < -0.3 is 9.62 Å². The summed E-state index contributed by atoms with van der Waals surface area (Å²) < 4.78 is 16.3. The number of carbonyl (C=O) groups is 1. The number of anilines is 2. The van der Waals surface area contributed by atoms with Gasteiger partial charge in [-0.3, -0.25) is 9.69 Å². The van der Waals surface area contributed by atoms with Crippen molar-refractivity contribution in [2.45, 2.75) is 19.0 Å². The fourth-order valence-electron chi connectivity index (χ4n) is 2.40. The summed E-state index contributed by atoms with van der Waals surface area (Å²) in [6.45, 7) is 1.67. The van der Waals surface area contributed by atoms with Crippen LogP contribution in [0.15, 0.2) is 24.3 Å². The molecule has 1 N–H and O–H groups in total. The van der Waals surface area contributed by atoms with Gasteiger partial charge >= 0.3 is 0 Å². The smallest absolute Gasteiger partial charge is 0.240 e. The third-order valence-electron chi connectivity index (χ3n) is 3.70. The highest BCUT2D eigenvalue weighted by atomic mass is 32.2. The zero-order valence-corrected chi connectivity index (χ0v) is 13.3. The SMILES string of the molecule is CSNc1cccc(N(C)C(=O)CN2CCC(F)CC2)c1. The fraction of sp³-hybridized carbons (Fsp3) is 0.533. The molecule has 1 heterocycles. The Morgan fingerprint density at radius 1 is 1.48 bits per heavy atom. The van der Waals surface area contributed by atoms with Gasteiger partial charge in [-0.15, -0.1) is 0 Å². The Morgan fingerprint density at radius 3 is 2.86 bits per heavy atom. The maximum Gasteiger partial charge on any atom is 0.240 e. The van der Waals surface area contributed by atoms with Crippen molar-refractivity contribution in [2.75, 3.05) is 42.6 Å². The minimum Gasteiger partial charge on any atom is -0.330 e. The van der Waals surface area contributed by atoms with Crippen LogP contribution in [-0.4, -0.2) is 49.9 Å². The molecule has 21 heavy (non-hydrogen) atoms. The van der Waals surface area contributed by atoms with E-state index in [0.29, 0.717) is 32.5 Å². The molecule has 1 aromatic carbocycles. The van der Waals surface area contributed by atoms with Gasteiger partial charge in [0.15, 0.2) is 0 Å². The van der Waals surface area contributed by atoms with E-state index in [2.05, 4.69) is 4.72 Å². The molecule has 6 heteroatoms. The molecular weight excluding hydrogens is 289 g/mol. The first-order chi connectivity index (χ1) is 10.1. The Hall–Kier alpha value is -1.27. The summed E-state index contributed by atoms with van der Waals surface area (Å²) in [7, 11) is 1.78. The summed E-state index contributed by atoms with van der Waals surface area (Å²) >= 11 is 1.52. The van der Waals surface area contributed by atoms with Crippen LogP contribution in [0.4, 0.5) is 15.8 Å². The van der Waals surface area contributed by atoms with E-state index >= 15 is 0 Å². The van der Waals surface area contributed by atoms with Gasteiger partial charge in [0.2, 0.25) is 5.91 Å². The molecule has 2 rings (SSSR count). The first-order valence-electron chi connectivity index (χ1n) is 7.12. The van der Waals surface area contributed by atoms with Crippen LogP contribution in [0.5, 0.6) is 0 Å². The molecule has 1 amide bonds. The summed E-state index contributed by atoms with van der Waals surface area (Å²) in [4.78, 5) is 16.0. The highest BCUT2D eigenvalue weighted by Gasteiger charge is 2.21. The van der Waals surface area contributed by atoms with Gasteiger partial charge in [0, 0.05) is 37.8 Å². The Bertz CT molecular complexity index is 478. The molecule has 0 bridgehead atoms. The van der Waals surface area contributed by atoms with Gasteiger partial charge in [-0.2, -0.15) is 0 Å². The molecule has 0 spiro atoms. The van der Waals surface area contributed by atoms with Crippen LogP contribution in [0, 0.1) is 0 Å². The standard InChI is InChI=1S/C15H22FN3OS/c1-18(14-5-3-4-13(10-14)17-21-2)15(20)11-19-8-6-12(16)7-9-19/h3-5,10,12,17H,6-9,11H2,1-2H3. The number of rotatable bonds is 5. The van der Waals surface area contributed by atoms with Crippen LogP contribution >= 0.6 is 11.9 Å². The Kier molecular flexibility index (Phi) is 5.87. The Morgan fingerprint density at radius 2 is 2.19 bits per heavy atom. The van der Waals surface area contributed by atoms with E-state index in [0.717, 1.165) is 11.4 Å². The number of hydrogen-bond donors (Lipinski definition) is 1. The quantitative estimate of drug-likeness (QED) is 0.848. The van der Waals surface area contributed by atoms with Crippen molar-refractivity contribution in [3.63, 3.8) is 0 Å². The summed E-state index contributed by atoms with van der Waals surface area (Å²) in [6, 6.07) is 7.75. The molecule has 0 aromatic heterocycles. The largest absolute Gasteiger partial charge is 0.330 e. The lowest BCUT2D eigenvalue weighted by molar-refractivity contribution is -0.119. The molecule has 0 unspecified atom stereocenters. The van der Waals surface area contributed by atoms with E-state index in [9.17, 15) is 9.18 Å². The average molecular weight is 311 g/mol. The van der Waals surface area contributed by atoms with E-state index in [1.165, 1.54) is 11.9 Å². The van der Waals surface area contributed by atoms with E-state index in [1.807, 2.05) is 35.4 Å². The predicted molar refractivity (Wildman–Crippen MR) is 87.6 cm³/mol. The molecule has 0 saturated carbocycles. The summed E-state index contributed by atoms with van der Waals surface area (Å²) in [5.41, 5.74) is 1.83. The normalized spacial score (nSPS) is 16.7. The lowest BCUT2D eigenvalue weighted by Crippen LogP contribution is -2.42.